The fourth-order valence-corrected chi connectivity index (χ4v) is 2.04. The van der Waals surface area contributed by atoms with Gasteiger partial charge in [0.1, 0.15) is 17.6 Å². The number of hydrazone groups is 1. The lowest BCUT2D eigenvalue weighted by atomic mass is 10.1. The van der Waals surface area contributed by atoms with Gasteiger partial charge in [0.2, 0.25) is 0 Å². The van der Waals surface area contributed by atoms with E-state index in [0.717, 1.165) is 22.2 Å². The van der Waals surface area contributed by atoms with Crippen LogP contribution in [0, 0.1) is 6.92 Å². The number of aryl methyl sites for hydroxylation is 1. The van der Waals surface area contributed by atoms with Crippen molar-refractivity contribution in [3.05, 3.63) is 59.7 Å². The topological polar surface area (TPSA) is 72.2 Å². The van der Waals surface area contributed by atoms with Crippen molar-refractivity contribution in [1.82, 2.24) is 20.4 Å². The van der Waals surface area contributed by atoms with E-state index in [1.807, 2.05) is 55.5 Å². The smallest absolute Gasteiger partial charge is 0.263 e. The van der Waals surface area contributed by atoms with Crippen molar-refractivity contribution in [3.63, 3.8) is 0 Å². The number of benzene rings is 2. The number of fused-ring (bicyclic) bond motifs is 1. The average molecular weight is 293 g/mol. The van der Waals surface area contributed by atoms with Crippen molar-refractivity contribution in [2.45, 2.75) is 13.5 Å². The Kier molecular flexibility index (Phi) is 3.91. The molecule has 0 aliphatic carbocycles. The van der Waals surface area contributed by atoms with Gasteiger partial charge in [0.05, 0.1) is 6.21 Å². The van der Waals surface area contributed by atoms with Crippen LogP contribution in [0.15, 0.2) is 53.6 Å². The van der Waals surface area contributed by atoms with Gasteiger partial charge in [-0.1, -0.05) is 36.4 Å². The lowest BCUT2D eigenvalue weighted by Gasteiger charge is -2.00. The minimum absolute atomic E-state index is 0.0276. The molecule has 1 amide bonds. The molecule has 0 spiro atoms. The standard InChI is InChI=1S/C16H15N5O/c1-12-6-2-3-7-13(12)10-17-18-16(22)11-21-19-14-8-4-5-9-15(14)20-21/h2-10H,11H2,1H3,(H,18,22)/b17-10-. The summed E-state index contributed by atoms with van der Waals surface area (Å²) in [6.07, 6.45) is 1.63. The van der Waals surface area contributed by atoms with Crippen molar-refractivity contribution in [3.8, 4) is 0 Å². The molecule has 0 saturated heterocycles. The number of amides is 1. The Bertz CT molecular complexity index is 804. The van der Waals surface area contributed by atoms with Gasteiger partial charge in [-0.05, 0) is 30.2 Å². The fourth-order valence-electron chi connectivity index (χ4n) is 2.04. The Labute approximate surface area is 127 Å². The Balaban J connectivity index is 1.62. The summed E-state index contributed by atoms with van der Waals surface area (Å²) < 4.78 is 0. The van der Waals surface area contributed by atoms with Gasteiger partial charge < -0.3 is 0 Å². The van der Waals surface area contributed by atoms with Crippen LogP contribution < -0.4 is 5.43 Å². The number of aromatic nitrogens is 3. The molecule has 0 unspecified atom stereocenters. The zero-order valence-electron chi connectivity index (χ0n) is 12.1. The Morgan fingerprint density at radius 2 is 1.77 bits per heavy atom. The maximum Gasteiger partial charge on any atom is 0.263 e. The minimum atomic E-state index is -0.273. The van der Waals surface area contributed by atoms with Crippen molar-refractivity contribution in [2.75, 3.05) is 0 Å². The quantitative estimate of drug-likeness (QED) is 0.590. The maximum atomic E-state index is 11.8. The number of carbonyl (C=O) groups is 1. The normalized spacial score (nSPS) is 11.1. The predicted molar refractivity (Wildman–Crippen MR) is 84.4 cm³/mol. The van der Waals surface area contributed by atoms with Crippen LogP contribution in [-0.2, 0) is 11.3 Å². The zero-order valence-corrected chi connectivity index (χ0v) is 12.1. The second-order valence-corrected chi connectivity index (χ2v) is 4.87. The van der Waals surface area contributed by atoms with E-state index in [2.05, 4.69) is 20.7 Å². The minimum Gasteiger partial charge on any atom is -0.271 e. The molecule has 2 aromatic carbocycles. The Morgan fingerprint density at radius 1 is 1.14 bits per heavy atom. The maximum absolute atomic E-state index is 11.8. The van der Waals surface area contributed by atoms with Crippen molar-refractivity contribution in [2.24, 2.45) is 5.10 Å². The van der Waals surface area contributed by atoms with Crippen molar-refractivity contribution < 1.29 is 4.79 Å². The molecule has 6 heteroatoms. The summed E-state index contributed by atoms with van der Waals surface area (Å²) in [5.41, 5.74) is 6.07. The van der Waals surface area contributed by atoms with E-state index in [1.165, 1.54) is 4.80 Å². The summed E-state index contributed by atoms with van der Waals surface area (Å²) in [5.74, 6) is -0.273. The highest BCUT2D eigenvalue weighted by Crippen LogP contribution is 2.06. The molecule has 110 valence electrons. The molecule has 0 aliphatic rings. The molecule has 1 heterocycles. The van der Waals surface area contributed by atoms with Crippen LogP contribution in [0.4, 0.5) is 0 Å². The van der Waals surface area contributed by atoms with Crippen LogP contribution in [0.2, 0.25) is 0 Å². The summed E-state index contributed by atoms with van der Waals surface area (Å²) in [5, 5.41) is 12.4. The highest BCUT2D eigenvalue weighted by Gasteiger charge is 2.06. The lowest BCUT2D eigenvalue weighted by molar-refractivity contribution is -0.122. The zero-order chi connectivity index (χ0) is 15.4. The van der Waals surface area contributed by atoms with Crippen molar-refractivity contribution in [1.29, 1.82) is 0 Å². The number of hydrogen-bond acceptors (Lipinski definition) is 4. The highest BCUT2D eigenvalue weighted by atomic mass is 16.2. The molecule has 1 N–H and O–H groups in total. The first-order valence-corrected chi connectivity index (χ1v) is 6.90. The first-order chi connectivity index (χ1) is 10.7. The molecule has 6 nitrogen and oxygen atoms in total. The number of rotatable bonds is 4. The summed E-state index contributed by atoms with van der Waals surface area (Å²) in [7, 11) is 0. The number of carbonyl (C=O) groups excluding carboxylic acids is 1. The number of hydrogen-bond donors (Lipinski definition) is 1. The average Bonchev–Trinajstić information content (AvgIpc) is 2.91. The van der Waals surface area contributed by atoms with Gasteiger partial charge in [-0.3, -0.25) is 4.79 Å². The molecule has 0 radical (unpaired) electrons. The van der Waals surface area contributed by atoms with Gasteiger partial charge in [0.25, 0.3) is 5.91 Å². The first kappa shape index (κ1) is 13.9. The van der Waals surface area contributed by atoms with Crippen LogP contribution in [0.3, 0.4) is 0 Å². The molecule has 3 aromatic rings. The van der Waals surface area contributed by atoms with E-state index in [-0.39, 0.29) is 12.5 Å². The van der Waals surface area contributed by atoms with E-state index < -0.39 is 0 Å². The Hall–Kier alpha value is -3.02. The highest BCUT2D eigenvalue weighted by molar-refractivity contribution is 5.83. The Morgan fingerprint density at radius 3 is 2.45 bits per heavy atom. The summed E-state index contributed by atoms with van der Waals surface area (Å²) >= 11 is 0. The lowest BCUT2D eigenvalue weighted by Crippen LogP contribution is -2.24. The largest absolute Gasteiger partial charge is 0.271 e. The number of nitrogens with one attached hydrogen (secondary N) is 1. The molecule has 1 aromatic heterocycles. The van der Waals surface area contributed by atoms with E-state index in [9.17, 15) is 4.79 Å². The van der Waals surface area contributed by atoms with E-state index in [0.29, 0.717) is 0 Å². The summed E-state index contributed by atoms with van der Waals surface area (Å²) in [6.45, 7) is 2.02. The molecular formula is C16H15N5O. The fraction of sp³-hybridized carbons (Fsp3) is 0.125. The molecule has 0 saturated carbocycles. The molecule has 22 heavy (non-hydrogen) atoms. The molecule has 0 fully saturated rings. The molecule has 0 atom stereocenters. The van der Waals surface area contributed by atoms with Crippen LogP contribution in [0.5, 0.6) is 0 Å². The predicted octanol–water partition coefficient (Wildman–Crippen LogP) is 1.89. The van der Waals surface area contributed by atoms with Crippen LogP contribution in [0.25, 0.3) is 11.0 Å². The van der Waals surface area contributed by atoms with Crippen LogP contribution in [-0.4, -0.2) is 27.1 Å². The van der Waals surface area contributed by atoms with Gasteiger partial charge in [0.15, 0.2) is 0 Å². The van der Waals surface area contributed by atoms with Crippen molar-refractivity contribution >= 4 is 23.2 Å². The van der Waals surface area contributed by atoms with E-state index in [1.54, 1.807) is 6.21 Å². The number of nitrogens with zero attached hydrogens (tertiary/aromatic N) is 4. The first-order valence-electron chi connectivity index (χ1n) is 6.90. The third-order valence-corrected chi connectivity index (χ3v) is 3.19. The second kappa shape index (κ2) is 6.17. The van der Waals surface area contributed by atoms with E-state index in [4.69, 9.17) is 0 Å². The third-order valence-electron chi connectivity index (χ3n) is 3.19. The molecule has 3 rings (SSSR count). The van der Waals surface area contributed by atoms with Gasteiger partial charge in [-0.25, -0.2) is 5.43 Å². The summed E-state index contributed by atoms with van der Waals surface area (Å²) in [4.78, 5) is 13.2. The van der Waals surface area contributed by atoms with Gasteiger partial charge >= 0.3 is 0 Å². The molecular weight excluding hydrogens is 278 g/mol. The SMILES string of the molecule is Cc1ccccc1/C=N\NC(=O)Cn1nc2ccccc2n1. The van der Waals surface area contributed by atoms with Crippen LogP contribution in [0.1, 0.15) is 11.1 Å². The van der Waals surface area contributed by atoms with Gasteiger partial charge in [-0.2, -0.15) is 20.1 Å². The van der Waals surface area contributed by atoms with E-state index >= 15 is 0 Å². The molecule has 0 bridgehead atoms. The third kappa shape index (κ3) is 3.17. The summed E-state index contributed by atoms with van der Waals surface area (Å²) in [6, 6.07) is 15.3. The molecule has 0 aliphatic heterocycles. The monoisotopic (exact) mass is 293 g/mol. The van der Waals surface area contributed by atoms with Crippen LogP contribution >= 0.6 is 0 Å². The van der Waals surface area contributed by atoms with Gasteiger partial charge in [-0.15, -0.1) is 0 Å². The second-order valence-electron chi connectivity index (χ2n) is 4.87. The van der Waals surface area contributed by atoms with Gasteiger partial charge in [0, 0.05) is 0 Å².